The van der Waals surface area contributed by atoms with Crippen LogP contribution < -0.4 is 10.9 Å². The second-order valence-corrected chi connectivity index (χ2v) is 5.96. The van der Waals surface area contributed by atoms with E-state index in [1.54, 1.807) is 24.4 Å². The lowest BCUT2D eigenvalue weighted by molar-refractivity contribution is -0.120. The Morgan fingerprint density at radius 3 is 2.44 bits per heavy atom. The Balaban J connectivity index is 2.13. The number of hydrogen-bond acceptors (Lipinski definition) is 4. The number of carboxylic acids is 1. The van der Waals surface area contributed by atoms with Gasteiger partial charge in [-0.2, -0.15) is 0 Å². The fraction of sp³-hybridized carbons (Fsp3) is 0.278. The van der Waals surface area contributed by atoms with Gasteiger partial charge in [-0.15, -0.1) is 0 Å². The van der Waals surface area contributed by atoms with Crippen LogP contribution in [0.3, 0.4) is 0 Å². The van der Waals surface area contributed by atoms with Gasteiger partial charge in [-0.1, -0.05) is 12.1 Å². The molecule has 2 aromatic rings. The molecule has 25 heavy (non-hydrogen) atoms. The van der Waals surface area contributed by atoms with E-state index in [2.05, 4.69) is 10.3 Å². The third kappa shape index (κ3) is 5.29. The van der Waals surface area contributed by atoms with E-state index in [9.17, 15) is 14.4 Å². The van der Waals surface area contributed by atoms with Crippen molar-refractivity contribution in [2.24, 2.45) is 0 Å². The molecule has 0 aliphatic heterocycles. The Kier molecular flexibility index (Phi) is 6.08. The maximum atomic E-state index is 12.0. The van der Waals surface area contributed by atoms with Gasteiger partial charge >= 0.3 is 5.97 Å². The lowest BCUT2D eigenvalue weighted by atomic mass is 10.0. The minimum absolute atomic E-state index is 0.0101. The summed E-state index contributed by atoms with van der Waals surface area (Å²) < 4.78 is 0. The topological polar surface area (TPSA) is 102 Å². The summed E-state index contributed by atoms with van der Waals surface area (Å²) >= 11 is 0. The highest BCUT2D eigenvalue weighted by atomic mass is 16.4. The second-order valence-electron chi connectivity index (χ2n) is 5.96. The molecule has 1 amide bonds. The van der Waals surface area contributed by atoms with Gasteiger partial charge < -0.3 is 20.3 Å². The van der Waals surface area contributed by atoms with Gasteiger partial charge in [0.15, 0.2) is 0 Å². The number of H-pyrrole nitrogens is 1. The Hall–Kier alpha value is -2.93. The molecule has 7 heteroatoms. The molecule has 132 valence electrons. The third-order valence-corrected chi connectivity index (χ3v) is 3.68. The number of nitrogens with one attached hydrogen (secondary N) is 2. The Morgan fingerprint density at radius 1 is 1.16 bits per heavy atom. The second kappa shape index (κ2) is 8.25. The van der Waals surface area contributed by atoms with E-state index < -0.39 is 5.97 Å². The molecular weight excluding hydrogens is 322 g/mol. The van der Waals surface area contributed by atoms with Crippen molar-refractivity contribution in [1.82, 2.24) is 15.2 Å². The molecule has 3 N–H and O–H groups in total. The highest BCUT2D eigenvalue weighted by Crippen LogP contribution is 2.19. The molecule has 0 saturated heterocycles. The van der Waals surface area contributed by atoms with Crippen molar-refractivity contribution < 1.29 is 14.7 Å². The largest absolute Gasteiger partial charge is 0.478 e. The predicted molar refractivity (Wildman–Crippen MR) is 94.7 cm³/mol. The summed E-state index contributed by atoms with van der Waals surface area (Å²) in [4.78, 5) is 39.4. The summed E-state index contributed by atoms with van der Waals surface area (Å²) in [6, 6.07) is 7.98. The molecule has 0 fully saturated rings. The summed E-state index contributed by atoms with van der Waals surface area (Å²) in [5, 5.41) is 11.7. The van der Waals surface area contributed by atoms with Crippen LogP contribution in [-0.2, 0) is 11.2 Å². The van der Waals surface area contributed by atoms with Crippen LogP contribution in [0.2, 0.25) is 0 Å². The zero-order valence-corrected chi connectivity index (χ0v) is 14.2. The molecule has 0 spiro atoms. The zero-order chi connectivity index (χ0) is 18.4. The van der Waals surface area contributed by atoms with Gasteiger partial charge in [0.05, 0.1) is 12.0 Å². The van der Waals surface area contributed by atoms with E-state index >= 15 is 0 Å². The molecule has 0 aliphatic rings. The average Bonchev–Trinajstić information content (AvgIpc) is 2.56. The fourth-order valence-electron chi connectivity index (χ4n) is 2.29. The van der Waals surface area contributed by atoms with E-state index in [0.29, 0.717) is 17.7 Å². The number of aromatic nitrogens is 1. The normalized spacial score (nSPS) is 10.7. The van der Waals surface area contributed by atoms with E-state index in [0.717, 1.165) is 12.1 Å². The first-order valence-corrected chi connectivity index (χ1v) is 7.83. The summed E-state index contributed by atoms with van der Waals surface area (Å²) in [7, 11) is 3.83. The minimum Gasteiger partial charge on any atom is -0.478 e. The van der Waals surface area contributed by atoms with Gasteiger partial charge in [0.25, 0.3) is 5.56 Å². The number of carboxylic acid groups (broad SMARTS) is 1. The number of carbonyl (C=O) groups is 2. The van der Waals surface area contributed by atoms with Crippen LogP contribution in [0.15, 0.2) is 41.3 Å². The molecule has 0 radical (unpaired) electrons. The quantitative estimate of drug-likeness (QED) is 0.695. The number of likely N-dealkylation sites (N-methyl/N-ethyl adjacent to an activating group) is 1. The van der Waals surface area contributed by atoms with E-state index in [1.807, 2.05) is 19.0 Å². The number of carbonyl (C=O) groups excluding carboxylic acids is 1. The van der Waals surface area contributed by atoms with Crippen LogP contribution in [0.1, 0.15) is 15.9 Å². The summed E-state index contributed by atoms with van der Waals surface area (Å²) in [6.07, 6.45) is 1.54. The molecule has 0 bridgehead atoms. The van der Waals surface area contributed by atoms with Crippen LogP contribution in [0.4, 0.5) is 0 Å². The molecule has 2 rings (SSSR count). The maximum absolute atomic E-state index is 12.0. The van der Waals surface area contributed by atoms with Crippen molar-refractivity contribution in [1.29, 1.82) is 0 Å². The number of pyridine rings is 1. The highest BCUT2D eigenvalue weighted by molar-refractivity contribution is 5.88. The van der Waals surface area contributed by atoms with Crippen LogP contribution in [0, 0.1) is 0 Å². The molecule has 0 atom stereocenters. The molecule has 7 nitrogen and oxygen atoms in total. The number of amides is 1. The number of aromatic carboxylic acids is 1. The molecular formula is C18H21N3O4. The van der Waals surface area contributed by atoms with Crippen molar-refractivity contribution in [3.63, 3.8) is 0 Å². The van der Waals surface area contributed by atoms with E-state index in [-0.39, 0.29) is 23.5 Å². The van der Waals surface area contributed by atoms with Crippen LogP contribution in [0.5, 0.6) is 0 Å². The van der Waals surface area contributed by atoms with Crippen LogP contribution in [0.25, 0.3) is 11.1 Å². The number of benzene rings is 1. The summed E-state index contributed by atoms with van der Waals surface area (Å²) in [5.74, 6) is -1.21. The molecule has 1 aromatic heterocycles. The Bertz CT molecular complexity index is 810. The minimum atomic E-state index is -0.997. The zero-order valence-electron chi connectivity index (χ0n) is 14.2. The lowest BCUT2D eigenvalue weighted by Gasteiger charge is -2.10. The van der Waals surface area contributed by atoms with Crippen LogP contribution >= 0.6 is 0 Å². The Morgan fingerprint density at radius 2 is 1.84 bits per heavy atom. The fourth-order valence-corrected chi connectivity index (χ4v) is 2.29. The molecule has 1 aromatic carbocycles. The first kappa shape index (κ1) is 18.4. The first-order valence-electron chi connectivity index (χ1n) is 7.83. The van der Waals surface area contributed by atoms with Gasteiger partial charge in [-0.25, -0.2) is 4.79 Å². The standard InChI is InChI=1S/C18H21N3O4/c1-21(2)8-7-19-16(22)10-14-9-15(11-20-17(14)23)12-3-5-13(6-4-12)18(24)25/h3-6,9,11H,7-8,10H2,1-2H3,(H,19,22)(H,20,23)(H,24,25). The highest BCUT2D eigenvalue weighted by Gasteiger charge is 2.10. The lowest BCUT2D eigenvalue weighted by Crippen LogP contribution is -2.33. The van der Waals surface area contributed by atoms with E-state index in [1.165, 1.54) is 12.1 Å². The van der Waals surface area contributed by atoms with Gasteiger partial charge in [0.1, 0.15) is 0 Å². The first-order chi connectivity index (χ1) is 11.9. The van der Waals surface area contributed by atoms with Gasteiger partial charge in [-0.3, -0.25) is 9.59 Å². The van der Waals surface area contributed by atoms with Gasteiger partial charge in [0, 0.05) is 24.8 Å². The molecule has 0 aliphatic carbocycles. The van der Waals surface area contributed by atoms with Crippen molar-refractivity contribution in [2.45, 2.75) is 6.42 Å². The number of rotatable bonds is 7. The average molecular weight is 343 g/mol. The number of nitrogens with zero attached hydrogens (tertiary/aromatic N) is 1. The molecule has 0 saturated carbocycles. The Labute approximate surface area is 145 Å². The van der Waals surface area contributed by atoms with Gasteiger partial charge in [0.2, 0.25) is 5.91 Å². The summed E-state index contributed by atoms with van der Waals surface area (Å²) in [6.45, 7) is 1.23. The monoisotopic (exact) mass is 343 g/mol. The van der Waals surface area contributed by atoms with Crippen molar-refractivity contribution in [3.05, 3.63) is 58.0 Å². The van der Waals surface area contributed by atoms with Crippen molar-refractivity contribution >= 4 is 11.9 Å². The number of hydrogen-bond donors (Lipinski definition) is 3. The van der Waals surface area contributed by atoms with Crippen molar-refractivity contribution in [3.8, 4) is 11.1 Å². The number of aromatic amines is 1. The van der Waals surface area contributed by atoms with E-state index in [4.69, 9.17) is 5.11 Å². The molecule has 0 unspecified atom stereocenters. The van der Waals surface area contributed by atoms with Crippen molar-refractivity contribution in [2.75, 3.05) is 27.2 Å². The predicted octanol–water partition coefficient (Wildman–Crippen LogP) is 0.960. The third-order valence-electron chi connectivity index (χ3n) is 3.68. The molecule has 1 heterocycles. The smallest absolute Gasteiger partial charge is 0.335 e. The summed E-state index contributed by atoms with van der Waals surface area (Å²) in [5.41, 5.74) is 1.72. The van der Waals surface area contributed by atoms with Crippen LogP contribution in [-0.4, -0.2) is 54.1 Å². The van der Waals surface area contributed by atoms with Gasteiger partial charge in [-0.05, 0) is 43.4 Å². The SMILES string of the molecule is CN(C)CCNC(=O)Cc1cc(-c2ccc(C(=O)O)cc2)c[nH]c1=O. The maximum Gasteiger partial charge on any atom is 0.335 e.